The summed E-state index contributed by atoms with van der Waals surface area (Å²) >= 11 is 0. The molecule has 0 spiro atoms. The Morgan fingerprint density at radius 1 is 1.43 bits per heavy atom. The van der Waals surface area contributed by atoms with Crippen molar-refractivity contribution in [3.8, 4) is 0 Å². The summed E-state index contributed by atoms with van der Waals surface area (Å²) in [6.45, 7) is 6.63. The van der Waals surface area contributed by atoms with Gasteiger partial charge in [-0.3, -0.25) is 9.69 Å². The third-order valence-electron chi connectivity index (χ3n) is 5.63. The fourth-order valence-electron chi connectivity index (χ4n) is 4.15. The van der Waals surface area contributed by atoms with Gasteiger partial charge in [0.25, 0.3) is 5.91 Å². The molecule has 2 aromatic heterocycles. The lowest BCUT2D eigenvalue weighted by Crippen LogP contribution is -2.62. The van der Waals surface area contributed by atoms with E-state index in [1.54, 1.807) is 12.5 Å². The number of pyridine rings is 1. The molecular formula is C18H23N3O2. The number of nitrogens with one attached hydrogen (secondary N) is 1. The third-order valence-corrected chi connectivity index (χ3v) is 5.63. The molecule has 3 aliphatic rings. The Balaban J connectivity index is 1.57. The highest BCUT2D eigenvalue weighted by molar-refractivity contribution is 5.96. The van der Waals surface area contributed by atoms with Crippen LogP contribution in [0.25, 0.3) is 11.0 Å². The average molecular weight is 313 g/mol. The van der Waals surface area contributed by atoms with E-state index in [0.717, 1.165) is 36.0 Å². The molecule has 5 nitrogen and oxygen atoms in total. The monoisotopic (exact) mass is 313 g/mol. The summed E-state index contributed by atoms with van der Waals surface area (Å²) in [5, 5.41) is 4.23. The Labute approximate surface area is 136 Å². The van der Waals surface area contributed by atoms with E-state index in [4.69, 9.17) is 4.42 Å². The van der Waals surface area contributed by atoms with E-state index in [0.29, 0.717) is 17.7 Å². The van der Waals surface area contributed by atoms with E-state index in [1.165, 1.54) is 12.8 Å². The number of fused-ring (bicyclic) bond motifs is 4. The van der Waals surface area contributed by atoms with Gasteiger partial charge in [-0.1, -0.05) is 6.92 Å². The van der Waals surface area contributed by atoms with Gasteiger partial charge in [-0.25, -0.2) is 4.98 Å². The van der Waals surface area contributed by atoms with E-state index < -0.39 is 0 Å². The second-order valence-corrected chi connectivity index (χ2v) is 6.79. The van der Waals surface area contributed by atoms with Gasteiger partial charge in [0.2, 0.25) is 0 Å². The first-order valence-corrected chi connectivity index (χ1v) is 8.58. The van der Waals surface area contributed by atoms with Crippen molar-refractivity contribution in [3.63, 3.8) is 0 Å². The first-order valence-electron chi connectivity index (χ1n) is 8.58. The summed E-state index contributed by atoms with van der Waals surface area (Å²) < 4.78 is 5.48. The normalized spacial score (nSPS) is 29.8. The van der Waals surface area contributed by atoms with Gasteiger partial charge in [0.15, 0.2) is 5.58 Å². The van der Waals surface area contributed by atoms with Crippen LogP contribution in [0.3, 0.4) is 0 Å². The standard InChI is InChI=1S/C18H23N3O2/c1-3-12-10-23-16-9-19-15(8-14(12)16)18(22)20-17-11(2)21-6-4-13(17)5-7-21/h8-11,13,17H,3-7H2,1-2H3,(H,20,22)/t11-,17-/m0/s1. The molecule has 122 valence electrons. The number of carbonyl (C=O) groups is 1. The topological polar surface area (TPSA) is 58.4 Å². The summed E-state index contributed by atoms with van der Waals surface area (Å²) in [6, 6.07) is 2.51. The SMILES string of the molecule is CCc1coc2cnc(C(=O)N[C@@H]3C4CCN(CC4)[C@H]3C)cc12. The van der Waals surface area contributed by atoms with E-state index in [1.807, 2.05) is 6.07 Å². The zero-order valence-electron chi connectivity index (χ0n) is 13.7. The van der Waals surface area contributed by atoms with E-state index in [-0.39, 0.29) is 11.9 Å². The van der Waals surface area contributed by atoms with Crippen molar-refractivity contribution in [3.05, 3.63) is 29.8 Å². The summed E-state index contributed by atoms with van der Waals surface area (Å²) in [6.07, 6.45) is 6.66. The average Bonchev–Trinajstić information content (AvgIpc) is 3.00. The van der Waals surface area contributed by atoms with Gasteiger partial charge >= 0.3 is 0 Å². The van der Waals surface area contributed by atoms with Crippen LogP contribution in [0.5, 0.6) is 0 Å². The zero-order chi connectivity index (χ0) is 16.0. The van der Waals surface area contributed by atoms with E-state index in [9.17, 15) is 4.79 Å². The number of nitrogens with zero attached hydrogens (tertiary/aromatic N) is 2. The van der Waals surface area contributed by atoms with Gasteiger partial charge in [-0.15, -0.1) is 0 Å². The lowest BCUT2D eigenvalue weighted by Gasteiger charge is -2.49. The third kappa shape index (κ3) is 2.43. The number of piperidine rings is 3. The summed E-state index contributed by atoms with van der Waals surface area (Å²) in [4.78, 5) is 19.4. The van der Waals surface area contributed by atoms with Crippen LogP contribution in [0.4, 0.5) is 0 Å². The Kier molecular flexibility index (Phi) is 3.60. The van der Waals surface area contributed by atoms with Gasteiger partial charge < -0.3 is 9.73 Å². The molecule has 5 heterocycles. The minimum absolute atomic E-state index is 0.0687. The molecule has 3 saturated heterocycles. The molecule has 0 radical (unpaired) electrons. The predicted octanol–water partition coefficient (Wildman–Crippen LogP) is 2.60. The molecule has 2 atom stereocenters. The molecule has 1 amide bonds. The van der Waals surface area contributed by atoms with Crippen LogP contribution < -0.4 is 5.32 Å². The molecule has 3 aliphatic heterocycles. The second-order valence-electron chi connectivity index (χ2n) is 6.79. The van der Waals surface area contributed by atoms with Crippen LogP contribution in [0.1, 0.15) is 42.7 Å². The van der Waals surface area contributed by atoms with Crippen molar-refractivity contribution in [2.75, 3.05) is 13.1 Å². The number of hydrogen-bond acceptors (Lipinski definition) is 4. The number of aromatic nitrogens is 1. The van der Waals surface area contributed by atoms with Crippen LogP contribution >= 0.6 is 0 Å². The Morgan fingerprint density at radius 3 is 2.91 bits per heavy atom. The van der Waals surface area contributed by atoms with Crippen molar-refractivity contribution < 1.29 is 9.21 Å². The van der Waals surface area contributed by atoms with Crippen molar-refractivity contribution in [2.45, 2.75) is 45.2 Å². The van der Waals surface area contributed by atoms with E-state index >= 15 is 0 Å². The summed E-state index contributed by atoms with van der Waals surface area (Å²) in [7, 11) is 0. The first-order chi connectivity index (χ1) is 11.2. The largest absolute Gasteiger partial charge is 0.462 e. The first kappa shape index (κ1) is 14.7. The fraction of sp³-hybridized carbons (Fsp3) is 0.556. The van der Waals surface area contributed by atoms with Crippen LogP contribution in [0.15, 0.2) is 22.9 Å². The summed E-state index contributed by atoms with van der Waals surface area (Å²) in [5.41, 5.74) is 2.35. The molecule has 0 aliphatic carbocycles. The van der Waals surface area contributed by atoms with Crippen molar-refractivity contribution in [1.29, 1.82) is 0 Å². The lowest BCUT2D eigenvalue weighted by molar-refractivity contribution is 0.0216. The van der Waals surface area contributed by atoms with Crippen molar-refractivity contribution in [2.24, 2.45) is 5.92 Å². The Morgan fingerprint density at radius 2 is 2.22 bits per heavy atom. The maximum Gasteiger partial charge on any atom is 0.270 e. The quantitative estimate of drug-likeness (QED) is 0.946. The molecule has 2 aromatic rings. The highest BCUT2D eigenvalue weighted by atomic mass is 16.3. The van der Waals surface area contributed by atoms with Crippen LogP contribution in [-0.2, 0) is 6.42 Å². The lowest BCUT2D eigenvalue weighted by atomic mass is 9.79. The minimum atomic E-state index is -0.0687. The molecule has 0 saturated carbocycles. The van der Waals surface area contributed by atoms with Crippen molar-refractivity contribution in [1.82, 2.24) is 15.2 Å². The van der Waals surface area contributed by atoms with Gasteiger partial charge in [-0.2, -0.15) is 0 Å². The van der Waals surface area contributed by atoms with Gasteiger partial charge in [0, 0.05) is 17.5 Å². The van der Waals surface area contributed by atoms with Crippen LogP contribution in [0, 0.1) is 5.92 Å². The molecule has 0 unspecified atom stereocenters. The molecule has 1 N–H and O–H groups in total. The summed E-state index contributed by atoms with van der Waals surface area (Å²) in [5.74, 6) is 0.531. The van der Waals surface area contributed by atoms with Crippen LogP contribution in [0.2, 0.25) is 0 Å². The van der Waals surface area contributed by atoms with Gasteiger partial charge in [0.05, 0.1) is 12.5 Å². The second kappa shape index (κ2) is 5.64. The number of furan rings is 1. The maximum atomic E-state index is 12.7. The molecule has 3 fully saturated rings. The zero-order valence-corrected chi connectivity index (χ0v) is 13.7. The predicted molar refractivity (Wildman–Crippen MR) is 88.4 cm³/mol. The van der Waals surface area contributed by atoms with Crippen LogP contribution in [-0.4, -0.2) is 41.0 Å². The molecule has 5 rings (SSSR count). The highest BCUT2D eigenvalue weighted by Gasteiger charge is 2.40. The molecule has 0 aromatic carbocycles. The smallest absolute Gasteiger partial charge is 0.270 e. The van der Waals surface area contributed by atoms with Gasteiger partial charge in [-0.05, 0) is 56.8 Å². The van der Waals surface area contributed by atoms with Crippen molar-refractivity contribution >= 4 is 16.9 Å². The Bertz CT molecular complexity index is 729. The molecule has 2 bridgehead atoms. The molecule has 23 heavy (non-hydrogen) atoms. The maximum absolute atomic E-state index is 12.7. The fourth-order valence-corrected chi connectivity index (χ4v) is 4.15. The number of carbonyl (C=O) groups excluding carboxylic acids is 1. The molecular weight excluding hydrogens is 290 g/mol. The Hall–Kier alpha value is -1.88. The molecule has 5 heteroatoms. The number of rotatable bonds is 3. The number of aryl methyl sites for hydroxylation is 1. The number of hydrogen-bond donors (Lipinski definition) is 1. The van der Waals surface area contributed by atoms with Gasteiger partial charge in [0.1, 0.15) is 5.69 Å². The van der Waals surface area contributed by atoms with E-state index in [2.05, 4.69) is 29.0 Å². The highest BCUT2D eigenvalue weighted by Crippen LogP contribution is 2.32. The number of amides is 1. The minimum Gasteiger partial charge on any atom is -0.462 e.